The molecule has 0 saturated carbocycles. The summed E-state index contributed by atoms with van der Waals surface area (Å²) in [5.41, 5.74) is 0.760. The third-order valence-corrected chi connectivity index (χ3v) is 6.23. The van der Waals surface area contributed by atoms with Gasteiger partial charge < -0.3 is 9.84 Å². The molecule has 1 aromatic carbocycles. The minimum atomic E-state index is -1.87. The zero-order valence-electron chi connectivity index (χ0n) is 19.8. The van der Waals surface area contributed by atoms with Crippen molar-refractivity contribution in [1.29, 1.82) is 0 Å². The molecule has 0 aliphatic heterocycles. The van der Waals surface area contributed by atoms with E-state index in [1.54, 1.807) is 0 Å². The van der Waals surface area contributed by atoms with Gasteiger partial charge in [0, 0.05) is 18.3 Å². The predicted molar refractivity (Wildman–Crippen MR) is 125 cm³/mol. The van der Waals surface area contributed by atoms with Crippen molar-refractivity contribution in [2.45, 2.75) is 86.2 Å². The van der Waals surface area contributed by atoms with Crippen molar-refractivity contribution in [1.82, 2.24) is 0 Å². The summed E-state index contributed by atoms with van der Waals surface area (Å²) in [6.45, 7) is 19.7. The number of carbonyl (C=O) groups is 1. The number of ether oxygens (including phenoxy) is 1. The van der Waals surface area contributed by atoms with Gasteiger partial charge >= 0.3 is 5.97 Å². The zero-order valence-corrected chi connectivity index (χ0v) is 20.7. The maximum atomic E-state index is 13.1. The number of hydrogen-bond acceptors (Lipinski definition) is 4. The highest BCUT2D eigenvalue weighted by Crippen LogP contribution is 2.45. The first-order valence-electron chi connectivity index (χ1n) is 10.8. The third-order valence-electron chi connectivity index (χ3n) is 5.88. The first-order chi connectivity index (χ1) is 13.1. The van der Waals surface area contributed by atoms with Crippen molar-refractivity contribution in [3.8, 4) is 0 Å². The monoisotopic (exact) mass is 422 g/mol. The minimum Gasteiger partial charge on any atom is -0.459 e. The molecule has 0 aliphatic rings. The molecule has 0 radical (unpaired) electrons. The molecule has 0 fully saturated rings. The summed E-state index contributed by atoms with van der Waals surface area (Å²) < 4.78 is 6.15. The lowest BCUT2D eigenvalue weighted by atomic mass is 9.63. The summed E-state index contributed by atoms with van der Waals surface area (Å²) in [5, 5.41) is 10.9. The number of thiol groups is 1. The van der Waals surface area contributed by atoms with Crippen molar-refractivity contribution >= 4 is 18.6 Å². The quantitative estimate of drug-likeness (QED) is 0.300. The van der Waals surface area contributed by atoms with E-state index in [2.05, 4.69) is 74.9 Å². The summed E-state index contributed by atoms with van der Waals surface area (Å²) >= 11 is 4.31. The highest BCUT2D eigenvalue weighted by atomic mass is 32.1. The van der Waals surface area contributed by atoms with E-state index in [0.717, 1.165) is 12.0 Å². The molecule has 4 atom stereocenters. The fourth-order valence-electron chi connectivity index (χ4n) is 4.79. The van der Waals surface area contributed by atoms with E-state index in [1.165, 1.54) is 0 Å². The van der Waals surface area contributed by atoms with Gasteiger partial charge in [0.05, 0.1) is 0 Å². The zero-order chi connectivity index (χ0) is 22.6. The maximum absolute atomic E-state index is 13.1. The molecule has 1 rings (SSSR count). The second-order valence-electron chi connectivity index (χ2n) is 10.9. The van der Waals surface area contributed by atoms with Gasteiger partial charge in [-0.3, -0.25) is 0 Å². The first kappa shape index (κ1) is 26.0. The van der Waals surface area contributed by atoms with Gasteiger partial charge in [0.25, 0.3) is 0 Å². The fraction of sp³-hybridized carbons (Fsp3) is 0.720. The van der Waals surface area contributed by atoms with Crippen LogP contribution in [0.3, 0.4) is 0 Å². The molecule has 0 bridgehead atoms. The Morgan fingerprint density at radius 3 is 1.93 bits per heavy atom. The number of carbonyl (C=O) groups excluding carboxylic acids is 1. The van der Waals surface area contributed by atoms with Crippen LogP contribution in [0, 0.1) is 28.6 Å². The lowest BCUT2D eigenvalue weighted by molar-refractivity contribution is -0.177. The van der Waals surface area contributed by atoms with E-state index in [0.29, 0.717) is 5.92 Å². The predicted octanol–water partition coefficient (Wildman–Crippen LogP) is 6.15. The lowest BCUT2D eigenvalue weighted by Gasteiger charge is -2.47. The van der Waals surface area contributed by atoms with Gasteiger partial charge in [0.15, 0.2) is 0 Å². The van der Waals surface area contributed by atoms with E-state index in [-0.39, 0.29) is 35.2 Å². The molecule has 29 heavy (non-hydrogen) atoms. The molecule has 0 saturated heterocycles. The van der Waals surface area contributed by atoms with Crippen LogP contribution in [0.2, 0.25) is 0 Å². The Morgan fingerprint density at radius 2 is 1.55 bits per heavy atom. The average molecular weight is 423 g/mol. The Kier molecular flexibility index (Phi) is 8.86. The van der Waals surface area contributed by atoms with Crippen LogP contribution >= 0.6 is 12.6 Å². The van der Waals surface area contributed by atoms with Crippen LogP contribution in [0.4, 0.5) is 0 Å². The van der Waals surface area contributed by atoms with Gasteiger partial charge in [-0.05, 0) is 28.7 Å². The molecular weight excluding hydrogens is 380 g/mol. The molecule has 0 aromatic heterocycles. The molecule has 1 N–H and O–H groups in total. The lowest BCUT2D eigenvalue weighted by Crippen LogP contribution is -2.50. The van der Waals surface area contributed by atoms with Crippen LogP contribution in [0.1, 0.15) is 74.3 Å². The van der Waals surface area contributed by atoms with Crippen LogP contribution in [-0.4, -0.2) is 22.1 Å². The highest BCUT2D eigenvalue weighted by molar-refractivity contribution is 7.82. The maximum Gasteiger partial charge on any atom is 0.349 e. The highest BCUT2D eigenvalue weighted by Gasteiger charge is 2.46. The van der Waals surface area contributed by atoms with Gasteiger partial charge in [0.1, 0.15) is 6.10 Å². The van der Waals surface area contributed by atoms with E-state index >= 15 is 0 Å². The molecule has 0 spiro atoms. The number of rotatable bonds is 8. The minimum absolute atomic E-state index is 0.0355. The molecule has 0 heterocycles. The van der Waals surface area contributed by atoms with Crippen molar-refractivity contribution in [2.75, 3.05) is 0 Å². The smallest absolute Gasteiger partial charge is 0.349 e. The van der Waals surface area contributed by atoms with E-state index in [1.807, 2.05) is 30.3 Å². The summed E-state index contributed by atoms with van der Waals surface area (Å²) in [6, 6.07) is 9.42. The number of benzene rings is 1. The van der Waals surface area contributed by atoms with Gasteiger partial charge in [0.2, 0.25) is 4.93 Å². The standard InChI is InChI=1S/C25H42O3S/c1-10-19(23(4,5)6)21(20(17(2)3)24(7,8)9)28-22(26)25(27,29)16-18-14-12-11-13-15-18/h11-15,17,19-21,27,29H,10,16H2,1-9H3. The molecule has 0 amide bonds. The normalized spacial score (nSPS) is 18.1. The summed E-state index contributed by atoms with van der Waals surface area (Å²) in [7, 11) is 0. The third kappa shape index (κ3) is 7.32. The van der Waals surface area contributed by atoms with E-state index in [4.69, 9.17) is 4.74 Å². The molecule has 0 aliphatic carbocycles. The molecule has 166 valence electrons. The van der Waals surface area contributed by atoms with Gasteiger partial charge in [-0.1, -0.05) is 92.6 Å². The van der Waals surface area contributed by atoms with Crippen LogP contribution in [0.25, 0.3) is 0 Å². The van der Waals surface area contributed by atoms with Crippen molar-refractivity contribution in [3.63, 3.8) is 0 Å². The Balaban J connectivity index is 3.26. The Morgan fingerprint density at radius 1 is 1.03 bits per heavy atom. The Bertz CT molecular complexity index is 638. The second-order valence-corrected chi connectivity index (χ2v) is 11.6. The largest absolute Gasteiger partial charge is 0.459 e. The molecule has 1 aromatic rings. The summed E-state index contributed by atoms with van der Waals surface area (Å²) in [4.78, 5) is 11.3. The topological polar surface area (TPSA) is 46.5 Å². The fourth-order valence-corrected chi connectivity index (χ4v) is 5.02. The molecule has 4 unspecified atom stereocenters. The summed E-state index contributed by atoms with van der Waals surface area (Å²) in [6.07, 6.45) is 0.697. The van der Waals surface area contributed by atoms with Crippen molar-refractivity contribution < 1.29 is 14.6 Å². The second kappa shape index (κ2) is 9.87. The Hall–Kier alpha value is -1.00. The number of aliphatic hydroxyl groups is 1. The SMILES string of the molecule is CCC(C(OC(=O)C(O)(S)Cc1ccccc1)C(C(C)C)C(C)(C)C)C(C)(C)C. The van der Waals surface area contributed by atoms with Crippen molar-refractivity contribution in [2.24, 2.45) is 28.6 Å². The van der Waals surface area contributed by atoms with Crippen LogP contribution in [0.5, 0.6) is 0 Å². The van der Waals surface area contributed by atoms with Gasteiger partial charge in [-0.25, -0.2) is 4.79 Å². The van der Waals surface area contributed by atoms with E-state index < -0.39 is 10.9 Å². The summed E-state index contributed by atoms with van der Waals surface area (Å²) in [5.74, 6) is -0.0194. The molecular formula is C25H42O3S. The molecule has 3 nitrogen and oxygen atoms in total. The van der Waals surface area contributed by atoms with Crippen LogP contribution in [0.15, 0.2) is 30.3 Å². The number of esters is 1. The van der Waals surface area contributed by atoms with Crippen LogP contribution in [-0.2, 0) is 16.0 Å². The molecule has 4 heteroatoms. The van der Waals surface area contributed by atoms with Gasteiger partial charge in [-0.15, -0.1) is 12.6 Å². The number of hydrogen-bond donors (Lipinski definition) is 2. The van der Waals surface area contributed by atoms with Crippen molar-refractivity contribution in [3.05, 3.63) is 35.9 Å². The van der Waals surface area contributed by atoms with Gasteiger partial charge in [-0.2, -0.15) is 0 Å². The average Bonchev–Trinajstić information content (AvgIpc) is 2.52. The first-order valence-corrected chi connectivity index (χ1v) is 11.3. The Labute approximate surface area is 184 Å². The van der Waals surface area contributed by atoms with Crippen LogP contribution < -0.4 is 0 Å². The van der Waals surface area contributed by atoms with E-state index in [9.17, 15) is 9.90 Å².